The summed E-state index contributed by atoms with van der Waals surface area (Å²) in [6.45, 7) is 0.467. The molecule has 3 rings (SSSR count). The van der Waals surface area contributed by atoms with E-state index < -0.39 is 0 Å². The Kier molecular flexibility index (Phi) is 8.82. The highest BCUT2D eigenvalue weighted by molar-refractivity contribution is 8.00. The van der Waals surface area contributed by atoms with E-state index in [9.17, 15) is 14.4 Å². The zero-order chi connectivity index (χ0) is 22.8. The van der Waals surface area contributed by atoms with Crippen LogP contribution in [0.5, 0.6) is 0 Å². The fourth-order valence-electron chi connectivity index (χ4n) is 3.80. The molecule has 168 valence electrons. The monoisotopic (exact) mass is 453 g/mol. The van der Waals surface area contributed by atoms with Gasteiger partial charge in [0.25, 0.3) is 0 Å². The Hall–Kier alpha value is -3.17. The maximum Gasteiger partial charge on any atom is 0.315 e. The highest BCUT2D eigenvalue weighted by Crippen LogP contribution is 2.33. The smallest absolute Gasteiger partial charge is 0.315 e. The summed E-state index contributed by atoms with van der Waals surface area (Å²) < 4.78 is 0. The minimum Gasteiger partial charge on any atom is -0.356 e. The van der Waals surface area contributed by atoms with E-state index in [4.69, 9.17) is 5.26 Å². The standard InChI is InChI=1S/C23H27N5O3S/c24-13-3-5-16-9-11-17(12-10-16)26-21(30)8-4-14-25-20(29)7-2-1-6-19-22-18(15-32-19)27-23(31)28-22/h9-12,18-19,22H,1-2,4,6-8,14-15H2,(H,25,29)(H,26,30)(H2,27,28,31)/t18-,19-,22-/m0/s1. The van der Waals surface area contributed by atoms with E-state index in [2.05, 4.69) is 33.1 Å². The summed E-state index contributed by atoms with van der Waals surface area (Å²) in [6.07, 6.45) is 4.12. The Labute approximate surface area is 192 Å². The van der Waals surface area contributed by atoms with Crippen LogP contribution < -0.4 is 21.3 Å². The molecule has 9 heteroatoms. The van der Waals surface area contributed by atoms with Gasteiger partial charge in [0.15, 0.2) is 6.07 Å². The van der Waals surface area contributed by atoms with Crippen LogP contribution in [0.2, 0.25) is 0 Å². The number of rotatable bonds is 10. The van der Waals surface area contributed by atoms with Crippen LogP contribution in [-0.4, -0.2) is 47.5 Å². The lowest BCUT2D eigenvalue weighted by Gasteiger charge is -2.16. The number of urea groups is 1. The van der Waals surface area contributed by atoms with Crippen molar-refractivity contribution in [1.29, 1.82) is 5.26 Å². The average molecular weight is 454 g/mol. The molecule has 0 radical (unpaired) electrons. The van der Waals surface area contributed by atoms with Gasteiger partial charge < -0.3 is 21.3 Å². The van der Waals surface area contributed by atoms with Crippen molar-refractivity contribution in [3.63, 3.8) is 0 Å². The van der Waals surface area contributed by atoms with Crippen LogP contribution >= 0.6 is 11.8 Å². The maximum atomic E-state index is 12.0. The Morgan fingerprint density at radius 1 is 1.09 bits per heavy atom. The van der Waals surface area contributed by atoms with E-state index in [1.54, 1.807) is 30.3 Å². The minimum atomic E-state index is -0.115. The first kappa shape index (κ1) is 23.5. The fourth-order valence-corrected chi connectivity index (χ4v) is 5.34. The van der Waals surface area contributed by atoms with Gasteiger partial charge in [-0.3, -0.25) is 9.59 Å². The second-order valence-corrected chi connectivity index (χ2v) is 9.08. The van der Waals surface area contributed by atoms with E-state index in [1.165, 1.54) is 0 Å². The highest BCUT2D eigenvalue weighted by atomic mass is 32.2. The highest BCUT2D eigenvalue weighted by Gasteiger charge is 2.42. The number of thioether (sulfide) groups is 1. The number of benzene rings is 1. The third kappa shape index (κ3) is 7.21. The normalized spacial score (nSPS) is 20.7. The van der Waals surface area contributed by atoms with Gasteiger partial charge in [0.05, 0.1) is 12.1 Å². The Morgan fingerprint density at radius 2 is 1.88 bits per heavy atom. The third-order valence-electron chi connectivity index (χ3n) is 5.41. The molecule has 2 fully saturated rings. The molecule has 0 spiro atoms. The van der Waals surface area contributed by atoms with Crippen LogP contribution in [0.1, 0.15) is 44.1 Å². The predicted molar refractivity (Wildman–Crippen MR) is 124 cm³/mol. The van der Waals surface area contributed by atoms with Crippen molar-refractivity contribution < 1.29 is 14.4 Å². The lowest BCUT2D eigenvalue weighted by molar-refractivity contribution is -0.121. The first-order chi connectivity index (χ1) is 15.5. The second-order valence-electron chi connectivity index (χ2n) is 7.81. The zero-order valence-electron chi connectivity index (χ0n) is 17.8. The minimum absolute atomic E-state index is 0.00672. The lowest BCUT2D eigenvalue weighted by Crippen LogP contribution is -2.36. The first-order valence-electron chi connectivity index (χ1n) is 10.8. The van der Waals surface area contributed by atoms with Gasteiger partial charge in [-0.05, 0) is 43.5 Å². The van der Waals surface area contributed by atoms with Crippen LogP contribution in [0.3, 0.4) is 0 Å². The third-order valence-corrected chi connectivity index (χ3v) is 6.92. The van der Waals surface area contributed by atoms with E-state index in [-0.39, 0.29) is 29.9 Å². The number of nitrogens with one attached hydrogen (secondary N) is 4. The van der Waals surface area contributed by atoms with E-state index in [1.807, 2.05) is 11.8 Å². The molecule has 3 atom stereocenters. The number of amides is 4. The molecule has 1 aromatic carbocycles. The molecule has 4 amide bonds. The summed E-state index contributed by atoms with van der Waals surface area (Å²) in [4.78, 5) is 35.4. The van der Waals surface area contributed by atoms with Crippen LogP contribution in [0, 0.1) is 23.2 Å². The van der Waals surface area contributed by atoms with E-state index in [0.717, 1.165) is 25.0 Å². The van der Waals surface area contributed by atoms with Crippen molar-refractivity contribution in [2.45, 2.75) is 55.9 Å². The van der Waals surface area contributed by atoms with Gasteiger partial charge in [-0.25, -0.2) is 4.79 Å². The topological polar surface area (TPSA) is 123 Å². The number of anilines is 1. The number of nitriles is 1. The van der Waals surface area contributed by atoms with Gasteiger partial charge in [0.1, 0.15) is 0 Å². The molecule has 0 aliphatic carbocycles. The lowest BCUT2D eigenvalue weighted by atomic mass is 10.0. The summed E-state index contributed by atoms with van der Waals surface area (Å²) in [5, 5.41) is 20.5. The summed E-state index contributed by atoms with van der Waals surface area (Å²) >= 11 is 1.89. The summed E-state index contributed by atoms with van der Waals surface area (Å²) in [6, 6.07) is 9.09. The Bertz CT molecular complexity index is 932. The predicted octanol–water partition coefficient (Wildman–Crippen LogP) is 2.12. The van der Waals surface area contributed by atoms with Gasteiger partial charge in [0.2, 0.25) is 11.8 Å². The first-order valence-corrected chi connectivity index (χ1v) is 11.9. The maximum absolute atomic E-state index is 12.0. The van der Waals surface area contributed by atoms with Crippen molar-refractivity contribution in [3.8, 4) is 17.9 Å². The number of hydrogen-bond donors (Lipinski definition) is 4. The number of carbonyl (C=O) groups is 3. The Balaban J connectivity index is 1.22. The van der Waals surface area contributed by atoms with Crippen molar-refractivity contribution in [1.82, 2.24) is 16.0 Å². The zero-order valence-corrected chi connectivity index (χ0v) is 18.6. The van der Waals surface area contributed by atoms with Gasteiger partial charge >= 0.3 is 6.03 Å². The van der Waals surface area contributed by atoms with Crippen LogP contribution in [0.15, 0.2) is 24.3 Å². The molecule has 2 aliphatic rings. The van der Waals surface area contributed by atoms with E-state index in [0.29, 0.717) is 42.3 Å². The summed E-state index contributed by atoms with van der Waals surface area (Å²) in [5.41, 5.74) is 1.38. The molecule has 4 N–H and O–H groups in total. The molecule has 0 unspecified atom stereocenters. The molecule has 0 bridgehead atoms. The van der Waals surface area contributed by atoms with E-state index >= 15 is 0 Å². The molecule has 2 aliphatic heterocycles. The molecule has 0 saturated carbocycles. The molecule has 0 aromatic heterocycles. The number of nitrogens with zero attached hydrogens (tertiary/aromatic N) is 1. The number of unbranched alkanes of at least 4 members (excludes halogenated alkanes) is 1. The van der Waals surface area contributed by atoms with Gasteiger partial charge in [0, 0.05) is 47.6 Å². The molecule has 8 nitrogen and oxygen atoms in total. The van der Waals surface area contributed by atoms with Gasteiger partial charge in [-0.1, -0.05) is 12.3 Å². The summed E-state index contributed by atoms with van der Waals surface area (Å²) in [7, 11) is 0. The fraction of sp³-hybridized carbons (Fsp3) is 0.478. The number of hydrogen-bond acceptors (Lipinski definition) is 5. The second kappa shape index (κ2) is 12.0. The molecular weight excluding hydrogens is 426 g/mol. The van der Waals surface area contributed by atoms with Crippen LogP contribution in [0.4, 0.5) is 10.5 Å². The van der Waals surface area contributed by atoms with Gasteiger partial charge in [-0.2, -0.15) is 17.0 Å². The average Bonchev–Trinajstić information content (AvgIpc) is 3.33. The molecule has 2 heterocycles. The van der Waals surface area contributed by atoms with Crippen molar-refractivity contribution in [2.75, 3.05) is 17.6 Å². The van der Waals surface area contributed by atoms with Crippen molar-refractivity contribution in [3.05, 3.63) is 29.8 Å². The quantitative estimate of drug-likeness (QED) is 0.246. The Morgan fingerprint density at radius 3 is 2.66 bits per heavy atom. The number of fused-ring (bicyclic) bond motifs is 1. The van der Waals surface area contributed by atoms with Crippen LogP contribution in [-0.2, 0) is 9.59 Å². The molecule has 2 saturated heterocycles. The number of carbonyl (C=O) groups excluding carboxylic acids is 3. The largest absolute Gasteiger partial charge is 0.356 e. The molecule has 32 heavy (non-hydrogen) atoms. The van der Waals surface area contributed by atoms with Crippen molar-refractivity contribution >= 4 is 35.3 Å². The molecular formula is C23H27N5O3S. The summed E-state index contributed by atoms with van der Waals surface area (Å²) in [5.74, 6) is 5.85. The SMILES string of the molecule is N#CC#Cc1ccc(NC(=O)CCCNC(=O)CCCC[C@@H]2SC[C@@H]3NC(=O)N[C@@H]32)cc1. The molecule has 1 aromatic rings. The van der Waals surface area contributed by atoms with Crippen LogP contribution in [0.25, 0.3) is 0 Å². The van der Waals surface area contributed by atoms with Gasteiger partial charge in [-0.15, -0.1) is 0 Å². The van der Waals surface area contributed by atoms with Crippen molar-refractivity contribution in [2.24, 2.45) is 0 Å².